The van der Waals surface area contributed by atoms with Crippen molar-refractivity contribution in [1.29, 1.82) is 0 Å². The van der Waals surface area contributed by atoms with Gasteiger partial charge in [0, 0.05) is 12.6 Å². The molecule has 0 bridgehead atoms. The van der Waals surface area contributed by atoms with Crippen LogP contribution in [0.2, 0.25) is 5.02 Å². The van der Waals surface area contributed by atoms with E-state index in [2.05, 4.69) is 6.92 Å². The molecule has 0 saturated heterocycles. The van der Waals surface area contributed by atoms with E-state index in [0.29, 0.717) is 23.2 Å². The van der Waals surface area contributed by atoms with Gasteiger partial charge in [-0.1, -0.05) is 41.9 Å². The summed E-state index contributed by atoms with van der Waals surface area (Å²) in [5, 5.41) is 0.370. The summed E-state index contributed by atoms with van der Waals surface area (Å²) in [6.07, 6.45) is 2.26. The van der Waals surface area contributed by atoms with Crippen LogP contribution in [0.5, 0.6) is 0 Å². The summed E-state index contributed by atoms with van der Waals surface area (Å²) < 4.78 is 5.22. The molecule has 0 heterocycles. The zero-order chi connectivity index (χ0) is 19.4. The lowest BCUT2D eigenvalue weighted by Crippen LogP contribution is -2.41. The van der Waals surface area contributed by atoms with Crippen molar-refractivity contribution in [2.75, 3.05) is 12.3 Å². The summed E-state index contributed by atoms with van der Waals surface area (Å²) in [6, 6.07) is 14.4. The molecule has 6 heteroatoms. The van der Waals surface area contributed by atoms with E-state index >= 15 is 0 Å². The Morgan fingerprint density at radius 1 is 1.22 bits per heavy atom. The molecule has 2 aromatic carbocycles. The molecule has 5 nitrogen and oxygen atoms in total. The third-order valence-corrected chi connectivity index (χ3v) is 5.21. The summed E-state index contributed by atoms with van der Waals surface area (Å²) in [6.45, 7) is 2.26. The third-order valence-electron chi connectivity index (χ3n) is 4.87. The first kappa shape index (κ1) is 19.2. The number of hydrogen-bond acceptors (Lipinski definition) is 4. The van der Waals surface area contributed by atoms with Crippen LogP contribution in [0, 0.1) is 5.92 Å². The van der Waals surface area contributed by atoms with Crippen LogP contribution >= 0.6 is 11.6 Å². The maximum absolute atomic E-state index is 12.8. The normalized spacial score (nSPS) is 14.4. The van der Waals surface area contributed by atoms with Crippen LogP contribution < -0.4 is 5.73 Å². The molecule has 0 aromatic heterocycles. The van der Waals surface area contributed by atoms with Crippen LogP contribution in [0.3, 0.4) is 0 Å². The van der Waals surface area contributed by atoms with Crippen LogP contribution in [-0.4, -0.2) is 29.4 Å². The van der Waals surface area contributed by atoms with Crippen LogP contribution in [0.1, 0.15) is 35.7 Å². The predicted molar refractivity (Wildman–Crippen MR) is 105 cm³/mol. The van der Waals surface area contributed by atoms with Gasteiger partial charge in [0.1, 0.15) is 0 Å². The lowest BCUT2D eigenvalue weighted by atomic mass is 10.1. The number of anilines is 1. The molecule has 1 amide bonds. The van der Waals surface area contributed by atoms with Crippen LogP contribution in [0.25, 0.3) is 0 Å². The minimum atomic E-state index is -0.592. The lowest BCUT2D eigenvalue weighted by molar-refractivity contribution is -0.137. The van der Waals surface area contributed by atoms with Crippen LogP contribution in [0.4, 0.5) is 5.69 Å². The predicted octanol–water partition coefficient (Wildman–Crippen LogP) is 3.91. The fourth-order valence-corrected chi connectivity index (χ4v) is 3.15. The Balaban J connectivity index is 1.64. The van der Waals surface area contributed by atoms with Crippen molar-refractivity contribution < 1.29 is 14.3 Å². The molecule has 1 aliphatic carbocycles. The van der Waals surface area contributed by atoms with E-state index in [1.165, 1.54) is 18.2 Å². The summed E-state index contributed by atoms with van der Waals surface area (Å²) in [4.78, 5) is 26.8. The Morgan fingerprint density at radius 3 is 2.56 bits per heavy atom. The Bertz CT molecular complexity index is 821. The second-order valence-corrected chi connectivity index (χ2v) is 7.30. The van der Waals surface area contributed by atoms with E-state index in [4.69, 9.17) is 22.1 Å². The number of halogens is 1. The van der Waals surface area contributed by atoms with E-state index < -0.39 is 5.97 Å². The lowest BCUT2D eigenvalue weighted by Gasteiger charge is -2.29. The van der Waals surface area contributed by atoms with Crippen molar-refractivity contribution >= 4 is 29.2 Å². The number of benzene rings is 2. The fraction of sp³-hybridized carbons (Fsp3) is 0.333. The first-order valence-corrected chi connectivity index (χ1v) is 9.39. The first-order chi connectivity index (χ1) is 13.0. The zero-order valence-electron chi connectivity index (χ0n) is 15.2. The quantitative estimate of drug-likeness (QED) is 0.578. The highest BCUT2D eigenvalue weighted by Crippen LogP contribution is 2.35. The largest absolute Gasteiger partial charge is 0.452 e. The van der Waals surface area contributed by atoms with Crippen molar-refractivity contribution in [2.24, 2.45) is 5.92 Å². The number of nitrogen functional groups attached to an aromatic ring is 1. The molecular formula is C21H23ClN2O3. The van der Waals surface area contributed by atoms with Gasteiger partial charge in [0.05, 0.1) is 16.3 Å². The Kier molecular flexibility index (Phi) is 6.01. The standard InChI is InChI=1S/C21H23ClN2O3/c1-14(16-7-8-16)24(12-15-5-3-2-4-6-15)20(25)13-27-21(26)17-9-10-18(22)19(23)11-17/h2-6,9-11,14,16H,7-8,12-13,23H2,1H3. The van der Waals surface area contributed by atoms with Crippen molar-refractivity contribution in [3.05, 3.63) is 64.7 Å². The smallest absolute Gasteiger partial charge is 0.338 e. The monoisotopic (exact) mass is 386 g/mol. The van der Waals surface area contributed by atoms with Gasteiger partial charge in [0.2, 0.25) is 0 Å². The zero-order valence-corrected chi connectivity index (χ0v) is 16.0. The van der Waals surface area contributed by atoms with Crippen molar-refractivity contribution in [2.45, 2.75) is 32.4 Å². The molecule has 1 atom stereocenters. The minimum absolute atomic E-state index is 0.114. The molecule has 0 aliphatic heterocycles. The number of esters is 1. The SMILES string of the molecule is CC(C1CC1)N(Cc1ccccc1)C(=O)COC(=O)c1ccc(Cl)c(N)c1. The van der Waals surface area contributed by atoms with Gasteiger partial charge in [-0.3, -0.25) is 4.79 Å². The van der Waals surface area contributed by atoms with Gasteiger partial charge in [-0.2, -0.15) is 0 Å². The number of carbonyl (C=O) groups is 2. The molecule has 0 radical (unpaired) electrons. The average Bonchev–Trinajstić information content (AvgIpc) is 3.51. The molecule has 3 rings (SSSR count). The Morgan fingerprint density at radius 2 is 1.93 bits per heavy atom. The van der Waals surface area contributed by atoms with Crippen LogP contribution in [-0.2, 0) is 16.1 Å². The number of amides is 1. The Hall–Kier alpha value is -2.53. The molecular weight excluding hydrogens is 364 g/mol. The minimum Gasteiger partial charge on any atom is -0.452 e. The molecule has 1 fully saturated rings. The Labute approximate surface area is 164 Å². The number of nitrogens with zero attached hydrogens (tertiary/aromatic N) is 1. The van der Waals surface area contributed by atoms with Gasteiger partial charge >= 0.3 is 5.97 Å². The summed E-state index contributed by atoms with van der Waals surface area (Å²) in [5.74, 6) is -0.275. The van der Waals surface area contributed by atoms with E-state index in [1.54, 1.807) is 4.90 Å². The van der Waals surface area contributed by atoms with E-state index in [0.717, 1.165) is 18.4 Å². The topological polar surface area (TPSA) is 72.6 Å². The summed E-state index contributed by atoms with van der Waals surface area (Å²) >= 11 is 5.86. The van der Waals surface area contributed by atoms with Gasteiger partial charge in [0.25, 0.3) is 5.91 Å². The number of nitrogens with two attached hydrogens (primary N) is 1. The maximum atomic E-state index is 12.8. The van der Waals surface area contributed by atoms with E-state index in [1.807, 2.05) is 30.3 Å². The highest BCUT2D eigenvalue weighted by Gasteiger charge is 2.34. The van der Waals surface area contributed by atoms with Crippen LogP contribution in [0.15, 0.2) is 48.5 Å². The molecule has 0 spiro atoms. The summed E-state index contributed by atoms with van der Waals surface area (Å²) in [7, 11) is 0. The number of ether oxygens (including phenoxy) is 1. The molecule has 27 heavy (non-hydrogen) atoms. The highest BCUT2D eigenvalue weighted by molar-refractivity contribution is 6.33. The number of hydrogen-bond donors (Lipinski definition) is 1. The number of carbonyl (C=O) groups excluding carboxylic acids is 2. The molecule has 142 valence electrons. The van der Waals surface area contributed by atoms with E-state index in [9.17, 15) is 9.59 Å². The van der Waals surface area contributed by atoms with Crippen molar-refractivity contribution in [1.82, 2.24) is 4.90 Å². The average molecular weight is 387 g/mol. The summed E-state index contributed by atoms with van der Waals surface area (Å²) in [5.41, 5.74) is 7.33. The number of rotatable bonds is 7. The second kappa shape index (κ2) is 8.44. The van der Waals surface area contributed by atoms with Crippen molar-refractivity contribution in [3.63, 3.8) is 0 Å². The molecule has 1 unspecified atom stereocenters. The molecule has 1 aliphatic rings. The maximum Gasteiger partial charge on any atom is 0.338 e. The fourth-order valence-electron chi connectivity index (χ4n) is 3.04. The molecule has 2 aromatic rings. The third kappa shape index (κ3) is 5.01. The second-order valence-electron chi connectivity index (χ2n) is 6.90. The van der Waals surface area contributed by atoms with Gasteiger partial charge < -0.3 is 15.4 Å². The van der Waals surface area contributed by atoms with Gasteiger partial charge in [0.15, 0.2) is 6.61 Å². The molecule has 1 saturated carbocycles. The van der Waals surface area contributed by atoms with Crippen molar-refractivity contribution in [3.8, 4) is 0 Å². The van der Waals surface area contributed by atoms with Gasteiger partial charge in [-0.05, 0) is 49.4 Å². The van der Waals surface area contributed by atoms with Gasteiger partial charge in [-0.15, -0.1) is 0 Å². The van der Waals surface area contributed by atoms with E-state index in [-0.39, 0.29) is 24.1 Å². The highest BCUT2D eigenvalue weighted by atomic mass is 35.5. The first-order valence-electron chi connectivity index (χ1n) is 9.01. The molecule has 2 N–H and O–H groups in total. The van der Waals surface area contributed by atoms with Gasteiger partial charge in [-0.25, -0.2) is 4.79 Å².